The maximum atomic E-state index is 11.6. The first-order valence-electron chi connectivity index (χ1n) is 11.8. The summed E-state index contributed by atoms with van der Waals surface area (Å²) in [6.45, 7) is 0.177. The molecule has 0 amide bonds. The average Bonchev–Trinajstić information content (AvgIpc) is 3.66. The van der Waals surface area contributed by atoms with Gasteiger partial charge in [-0.05, 0) is 49.2 Å². The van der Waals surface area contributed by atoms with Gasteiger partial charge in [0.05, 0.1) is 33.4 Å². The fraction of sp³-hybridized carbons (Fsp3) is 0.172. The van der Waals surface area contributed by atoms with E-state index < -0.39 is 5.97 Å². The molecule has 0 bridgehead atoms. The summed E-state index contributed by atoms with van der Waals surface area (Å²) in [5.74, 6) is 6.36. The fourth-order valence-corrected chi connectivity index (χ4v) is 4.93. The van der Waals surface area contributed by atoms with Gasteiger partial charge in [-0.3, -0.25) is 0 Å². The van der Waals surface area contributed by atoms with Crippen LogP contribution in [-0.4, -0.2) is 23.3 Å². The number of aromatic nitrogens is 1. The molecule has 5 rings (SSSR count). The van der Waals surface area contributed by atoms with Gasteiger partial charge in [-0.25, -0.2) is 4.79 Å². The zero-order chi connectivity index (χ0) is 27.7. The third kappa shape index (κ3) is 5.64. The Morgan fingerprint density at radius 2 is 1.85 bits per heavy atom. The number of nitrogens with zero attached hydrogens (tertiary/aromatic N) is 1. The van der Waals surface area contributed by atoms with E-state index in [1.165, 1.54) is 13.2 Å². The minimum absolute atomic E-state index is 0.0756. The minimum atomic E-state index is -1.17. The summed E-state index contributed by atoms with van der Waals surface area (Å²) in [7, 11) is 1.36. The molecule has 39 heavy (non-hydrogen) atoms. The molecule has 7 nitrogen and oxygen atoms in total. The SMILES string of the molecule is COc1c(N)cc(C#Cc2ccc(OCc3c(-c4c(Cl)cccc4Cl)noc3C3CC3)cc2Cl)cc1C(=O)O. The van der Waals surface area contributed by atoms with Gasteiger partial charge in [-0.2, -0.15) is 0 Å². The summed E-state index contributed by atoms with van der Waals surface area (Å²) in [5, 5.41) is 15.0. The lowest BCUT2D eigenvalue weighted by molar-refractivity contribution is 0.0693. The van der Waals surface area contributed by atoms with Gasteiger partial charge >= 0.3 is 5.97 Å². The summed E-state index contributed by atoms with van der Waals surface area (Å²) < 4.78 is 16.9. The lowest BCUT2D eigenvalue weighted by Gasteiger charge is -2.10. The van der Waals surface area contributed by atoms with E-state index in [1.54, 1.807) is 42.5 Å². The molecular formula is C29H21Cl3N2O5. The van der Waals surface area contributed by atoms with E-state index in [-0.39, 0.29) is 23.6 Å². The Morgan fingerprint density at radius 1 is 1.10 bits per heavy atom. The van der Waals surface area contributed by atoms with Crippen LogP contribution in [0.5, 0.6) is 11.5 Å². The number of nitrogen functional groups attached to an aromatic ring is 1. The summed E-state index contributed by atoms with van der Waals surface area (Å²) in [6, 6.07) is 13.3. The lowest BCUT2D eigenvalue weighted by atomic mass is 10.0. The summed E-state index contributed by atoms with van der Waals surface area (Å²) >= 11 is 19.4. The Hall–Kier alpha value is -3.83. The number of halogens is 3. The number of carbonyl (C=O) groups is 1. The molecule has 0 aliphatic heterocycles. The van der Waals surface area contributed by atoms with Crippen LogP contribution in [0.4, 0.5) is 5.69 Å². The second-order valence-electron chi connectivity index (χ2n) is 8.88. The number of anilines is 1. The molecule has 0 saturated heterocycles. The van der Waals surface area contributed by atoms with Gasteiger partial charge in [0.25, 0.3) is 0 Å². The number of nitrogens with two attached hydrogens (primary N) is 1. The van der Waals surface area contributed by atoms with Crippen molar-refractivity contribution in [3.63, 3.8) is 0 Å². The molecule has 0 spiro atoms. The first-order chi connectivity index (χ1) is 18.8. The van der Waals surface area contributed by atoms with Crippen LogP contribution in [-0.2, 0) is 6.61 Å². The van der Waals surface area contributed by atoms with E-state index in [1.807, 2.05) is 0 Å². The number of ether oxygens (including phenoxy) is 2. The standard InChI is InChI=1S/C29H21Cl3N2O5/c1-37-28-19(29(35)36)11-15(12-24(28)33)5-6-16-9-10-18(13-23(16)32)38-14-20-26(34-39-27(20)17-7-8-17)25-21(30)3-2-4-22(25)31/h2-4,9-13,17H,7-8,14,33H2,1H3,(H,35,36). The molecule has 4 aromatic rings. The smallest absolute Gasteiger partial charge is 0.339 e. The van der Waals surface area contributed by atoms with E-state index in [0.29, 0.717) is 49.1 Å². The molecule has 3 aromatic carbocycles. The van der Waals surface area contributed by atoms with Gasteiger partial charge in [0.1, 0.15) is 29.4 Å². The van der Waals surface area contributed by atoms with Gasteiger partial charge in [-0.1, -0.05) is 57.9 Å². The van der Waals surface area contributed by atoms with Gasteiger partial charge in [0.2, 0.25) is 0 Å². The van der Waals surface area contributed by atoms with Crippen molar-refractivity contribution in [1.82, 2.24) is 5.16 Å². The number of carboxylic acid groups (broad SMARTS) is 1. The summed E-state index contributed by atoms with van der Waals surface area (Å²) in [5.41, 5.74) is 8.92. The van der Waals surface area contributed by atoms with Crippen molar-refractivity contribution < 1.29 is 23.9 Å². The summed E-state index contributed by atoms with van der Waals surface area (Å²) in [6.07, 6.45) is 2.04. The highest BCUT2D eigenvalue weighted by Crippen LogP contribution is 2.46. The normalized spacial score (nSPS) is 12.5. The van der Waals surface area contributed by atoms with Crippen LogP contribution in [0.15, 0.2) is 53.1 Å². The van der Waals surface area contributed by atoms with Crippen molar-refractivity contribution in [2.75, 3.05) is 12.8 Å². The van der Waals surface area contributed by atoms with E-state index in [4.69, 9.17) is 54.5 Å². The minimum Gasteiger partial charge on any atom is -0.494 e. The third-order valence-electron chi connectivity index (χ3n) is 6.18. The van der Waals surface area contributed by atoms with Crippen molar-refractivity contribution in [1.29, 1.82) is 0 Å². The highest BCUT2D eigenvalue weighted by atomic mass is 35.5. The predicted molar refractivity (Wildman–Crippen MR) is 150 cm³/mol. The van der Waals surface area contributed by atoms with E-state index in [0.717, 1.165) is 24.2 Å². The average molecular weight is 584 g/mol. The van der Waals surface area contributed by atoms with Crippen LogP contribution >= 0.6 is 34.8 Å². The molecule has 1 aromatic heterocycles. The Morgan fingerprint density at radius 3 is 2.49 bits per heavy atom. The quantitative estimate of drug-likeness (QED) is 0.172. The van der Waals surface area contributed by atoms with Crippen LogP contribution in [0.1, 0.15) is 51.6 Å². The highest BCUT2D eigenvalue weighted by molar-refractivity contribution is 6.39. The van der Waals surface area contributed by atoms with Crippen LogP contribution in [0.3, 0.4) is 0 Å². The Kier molecular flexibility index (Phi) is 7.62. The van der Waals surface area contributed by atoms with Crippen LogP contribution in [0.25, 0.3) is 11.3 Å². The van der Waals surface area contributed by atoms with E-state index >= 15 is 0 Å². The number of hydrogen-bond donors (Lipinski definition) is 2. The van der Waals surface area contributed by atoms with Crippen molar-refractivity contribution in [2.24, 2.45) is 0 Å². The van der Waals surface area contributed by atoms with E-state index in [9.17, 15) is 9.90 Å². The Bertz CT molecular complexity index is 1630. The van der Waals surface area contributed by atoms with Crippen LogP contribution in [0.2, 0.25) is 15.1 Å². The van der Waals surface area contributed by atoms with Crippen molar-refractivity contribution in [3.8, 4) is 34.6 Å². The van der Waals surface area contributed by atoms with Gasteiger partial charge in [0.15, 0.2) is 5.75 Å². The van der Waals surface area contributed by atoms with E-state index in [2.05, 4.69) is 17.0 Å². The second-order valence-corrected chi connectivity index (χ2v) is 10.1. The molecule has 10 heteroatoms. The summed E-state index contributed by atoms with van der Waals surface area (Å²) in [4.78, 5) is 11.6. The van der Waals surface area contributed by atoms with Crippen molar-refractivity contribution in [3.05, 3.63) is 91.6 Å². The maximum Gasteiger partial charge on any atom is 0.339 e. The van der Waals surface area contributed by atoms with Gasteiger partial charge < -0.3 is 24.8 Å². The molecule has 1 fully saturated rings. The Balaban J connectivity index is 1.38. The Labute approximate surface area is 239 Å². The van der Waals surface area contributed by atoms with Crippen LogP contribution < -0.4 is 15.2 Å². The zero-order valence-electron chi connectivity index (χ0n) is 20.6. The number of rotatable bonds is 7. The monoisotopic (exact) mass is 582 g/mol. The molecule has 1 heterocycles. The second kappa shape index (κ2) is 11.1. The molecular weight excluding hydrogens is 563 g/mol. The van der Waals surface area contributed by atoms with Crippen molar-refractivity contribution in [2.45, 2.75) is 25.4 Å². The molecule has 3 N–H and O–H groups in total. The molecule has 1 aliphatic rings. The number of methoxy groups -OCH3 is 1. The first kappa shape index (κ1) is 26.8. The number of aromatic carboxylic acids is 1. The molecule has 0 atom stereocenters. The first-order valence-corrected chi connectivity index (χ1v) is 13.0. The number of benzene rings is 3. The maximum absolute atomic E-state index is 11.6. The number of carboxylic acids is 1. The molecule has 0 unspecified atom stereocenters. The molecule has 0 radical (unpaired) electrons. The lowest BCUT2D eigenvalue weighted by Crippen LogP contribution is -2.04. The topological polar surface area (TPSA) is 108 Å². The molecule has 1 saturated carbocycles. The molecule has 1 aliphatic carbocycles. The van der Waals surface area contributed by atoms with Gasteiger partial charge in [-0.15, -0.1) is 0 Å². The van der Waals surface area contributed by atoms with Crippen LogP contribution in [0, 0.1) is 11.8 Å². The molecule has 198 valence electrons. The highest BCUT2D eigenvalue weighted by Gasteiger charge is 2.33. The number of hydrogen-bond acceptors (Lipinski definition) is 6. The zero-order valence-corrected chi connectivity index (χ0v) is 22.8. The largest absolute Gasteiger partial charge is 0.494 e. The van der Waals surface area contributed by atoms with Crippen molar-refractivity contribution >= 4 is 46.5 Å². The predicted octanol–water partition coefficient (Wildman–Crippen LogP) is 7.45. The fourth-order valence-electron chi connectivity index (χ4n) is 4.14. The third-order valence-corrected chi connectivity index (χ3v) is 7.13. The van der Waals surface area contributed by atoms with Gasteiger partial charge in [0, 0.05) is 28.7 Å².